The highest BCUT2D eigenvalue weighted by molar-refractivity contribution is 14.1. The molecule has 0 bridgehead atoms. The smallest absolute Gasteiger partial charge is 0.294 e. The van der Waals surface area contributed by atoms with E-state index in [0.717, 1.165) is 52.7 Å². The number of imide groups is 1. The lowest BCUT2D eigenvalue weighted by Crippen LogP contribution is -2.44. The maximum atomic E-state index is 13.1. The van der Waals surface area contributed by atoms with E-state index in [2.05, 4.69) is 51.2 Å². The van der Waals surface area contributed by atoms with Crippen molar-refractivity contribution in [2.75, 3.05) is 13.1 Å². The van der Waals surface area contributed by atoms with Crippen LogP contribution in [0.2, 0.25) is 5.02 Å². The summed E-state index contributed by atoms with van der Waals surface area (Å²) in [4.78, 5) is 41.7. The van der Waals surface area contributed by atoms with Crippen LogP contribution in [0.15, 0.2) is 65.6 Å². The fourth-order valence-electron chi connectivity index (χ4n) is 4.30. The predicted molar refractivity (Wildman–Crippen MR) is 166 cm³/mol. The number of hydrogen-bond acceptors (Lipinski definition) is 5. The molecule has 3 amide bonds. The molecule has 0 spiro atoms. The molecule has 3 aromatic rings. The number of rotatable bonds is 6. The van der Waals surface area contributed by atoms with Crippen molar-refractivity contribution in [2.45, 2.75) is 19.6 Å². The number of halogens is 3. The Balaban J connectivity index is 1.26. The fourth-order valence-corrected chi connectivity index (χ4v) is 7.45. The molecule has 5 rings (SSSR count). The van der Waals surface area contributed by atoms with E-state index in [9.17, 15) is 14.4 Å². The molecule has 194 valence electrons. The van der Waals surface area contributed by atoms with Crippen LogP contribution in [0.5, 0.6) is 5.75 Å². The molecule has 1 saturated heterocycles. The Hall–Kier alpha value is -2.09. The molecule has 0 N–H and O–H groups in total. The fraction of sp³-hybridized carbons (Fsp3) is 0.179. The molecule has 0 unspecified atom stereocenters. The van der Waals surface area contributed by atoms with Gasteiger partial charge in [0.05, 0.1) is 12.0 Å². The molecule has 2 aliphatic rings. The van der Waals surface area contributed by atoms with Crippen molar-refractivity contribution >= 4 is 91.7 Å². The summed E-state index contributed by atoms with van der Waals surface area (Å²) in [6, 6.07) is 19.3. The van der Waals surface area contributed by atoms with Gasteiger partial charge in [-0.05, 0) is 104 Å². The van der Waals surface area contributed by atoms with E-state index in [-0.39, 0.29) is 12.5 Å². The Morgan fingerprint density at radius 1 is 1.03 bits per heavy atom. The minimum atomic E-state index is -0.449. The van der Waals surface area contributed by atoms with Gasteiger partial charge in [-0.2, -0.15) is 0 Å². The van der Waals surface area contributed by atoms with Crippen molar-refractivity contribution in [3.63, 3.8) is 0 Å². The van der Waals surface area contributed by atoms with Crippen molar-refractivity contribution in [2.24, 2.45) is 0 Å². The lowest BCUT2D eigenvalue weighted by atomic mass is 10.00. The number of benzene rings is 3. The summed E-state index contributed by atoms with van der Waals surface area (Å²) >= 11 is 11.5. The molecule has 3 aromatic carbocycles. The van der Waals surface area contributed by atoms with Gasteiger partial charge in [0.2, 0.25) is 5.91 Å². The van der Waals surface area contributed by atoms with E-state index in [1.165, 1.54) is 5.56 Å². The first-order valence-corrected chi connectivity index (χ1v) is 15.1. The molecule has 0 aromatic heterocycles. The quantitative estimate of drug-likeness (QED) is 0.205. The summed E-state index contributed by atoms with van der Waals surface area (Å²) in [7, 11) is 0. The molecule has 0 saturated carbocycles. The summed E-state index contributed by atoms with van der Waals surface area (Å²) in [5.74, 6) is 0.0482. The first-order valence-electron chi connectivity index (χ1n) is 11.8. The predicted octanol–water partition coefficient (Wildman–Crippen LogP) is 6.75. The number of ether oxygens (including phenoxy) is 1. The van der Waals surface area contributed by atoms with Gasteiger partial charge >= 0.3 is 0 Å². The normalized spacial score (nSPS) is 16.2. The second kappa shape index (κ2) is 12.0. The minimum absolute atomic E-state index is 0.229. The van der Waals surface area contributed by atoms with Gasteiger partial charge in [-0.25, -0.2) is 0 Å². The zero-order valence-electron chi connectivity index (χ0n) is 20.0. The van der Waals surface area contributed by atoms with Crippen LogP contribution in [0.1, 0.15) is 22.3 Å². The third-order valence-electron chi connectivity index (χ3n) is 6.30. The standard InChI is InChI=1S/C28H21ClI2N2O4S/c29-21-8-4-3-7-20(21)16-37-26-22(30)11-17(12-23(26)31)13-24-27(35)33(28(36)38-24)15-25(34)32-10-9-18-5-1-2-6-19(18)14-32/h1-8,11-13H,9-10,14-16H2/b24-13-. The molecule has 1 fully saturated rings. The van der Waals surface area contributed by atoms with Gasteiger partial charge in [-0.1, -0.05) is 54.1 Å². The zero-order valence-corrected chi connectivity index (χ0v) is 25.8. The Bertz CT molecular complexity index is 1460. The van der Waals surface area contributed by atoms with Crippen molar-refractivity contribution in [3.8, 4) is 5.75 Å². The van der Waals surface area contributed by atoms with Gasteiger partial charge in [0, 0.05) is 23.7 Å². The van der Waals surface area contributed by atoms with E-state index in [4.69, 9.17) is 16.3 Å². The number of hydrogen-bond donors (Lipinski definition) is 0. The Morgan fingerprint density at radius 3 is 2.45 bits per heavy atom. The number of nitrogens with zero attached hydrogens (tertiary/aromatic N) is 2. The summed E-state index contributed by atoms with van der Waals surface area (Å²) in [5, 5.41) is 0.213. The highest BCUT2D eigenvalue weighted by Crippen LogP contribution is 2.35. The van der Waals surface area contributed by atoms with Gasteiger partial charge < -0.3 is 9.64 Å². The number of amides is 3. The van der Waals surface area contributed by atoms with Crippen molar-refractivity contribution in [3.05, 3.63) is 100.0 Å². The number of carbonyl (C=O) groups is 3. The zero-order chi connectivity index (χ0) is 26.8. The topological polar surface area (TPSA) is 66.9 Å². The van der Waals surface area contributed by atoms with E-state index in [0.29, 0.717) is 29.6 Å². The Morgan fingerprint density at radius 2 is 1.71 bits per heavy atom. The summed E-state index contributed by atoms with van der Waals surface area (Å²) in [6.45, 7) is 1.14. The molecular weight excluding hydrogens is 750 g/mol. The highest BCUT2D eigenvalue weighted by Gasteiger charge is 2.37. The average molecular weight is 771 g/mol. The van der Waals surface area contributed by atoms with Gasteiger partial charge in [0.25, 0.3) is 11.1 Å². The van der Waals surface area contributed by atoms with Gasteiger partial charge in [0.1, 0.15) is 18.9 Å². The lowest BCUT2D eigenvalue weighted by molar-refractivity contribution is -0.136. The minimum Gasteiger partial charge on any atom is -0.487 e. The molecule has 0 aliphatic carbocycles. The summed E-state index contributed by atoms with van der Waals surface area (Å²) in [5.41, 5.74) is 4.00. The third kappa shape index (κ3) is 6.05. The number of fused-ring (bicyclic) bond motifs is 1. The van der Waals surface area contributed by atoms with Crippen LogP contribution in [0.25, 0.3) is 6.08 Å². The SMILES string of the molecule is O=C(CN1C(=O)S/C(=C\c2cc(I)c(OCc3ccccc3Cl)c(I)c2)C1=O)N1CCc2ccccc2C1. The van der Waals surface area contributed by atoms with Crippen molar-refractivity contribution < 1.29 is 19.1 Å². The van der Waals surface area contributed by atoms with Crippen LogP contribution in [0.3, 0.4) is 0 Å². The van der Waals surface area contributed by atoms with Crippen LogP contribution in [-0.4, -0.2) is 39.9 Å². The second-order valence-electron chi connectivity index (χ2n) is 8.80. The molecular formula is C28H21ClI2N2O4S. The van der Waals surface area contributed by atoms with Crippen LogP contribution in [0.4, 0.5) is 4.79 Å². The molecule has 6 nitrogen and oxygen atoms in total. The van der Waals surface area contributed by atoms with Gasteiger partial charge in [-0.3, -0.25) is 19.3 Å². The van der Waals surface area contributed by atoms with Crippen LogP contribution in [-0.2, 0) is 29.2 Å². The first-order chi connectivity index (χ1) is 18.3. The molecule has 10 heteroatoms. The molecule has 38 heavy (non-hydrogen) atoms. The number of thioether (sulfide) groups is 1. The van der Waals surface area contributed by atoms with E-state index >= 15 is 0 Å². The Kier molecular flexibility index (Phi) is 8.65. The molecule has 0 radical (unpaired) electrons. The van der Waals surface area contributed by atoms with Crippen LogP contribution < -0.4 is 4.74 Å². The molecule has 2 heterocycles. The van der Waals surface area contributed by atoms with E-state index < -0.39 is 11.1 Å². The van der Waals surface area contributed by atoms with Crippen LogP contribution in [0, 0.1) is 7.14 Å². The van der Waals surface area contributed by atoms with Crippen molar-refractivity contribution in [1.82, 2.24) is 9.80 Å². The summed E-state index contributed by atoms with van der Waals surface area (Å²) < 4.78 is 7.78. The molecule has 2 aliphatic heterocycles. The van der Waals surface area contributed by atoms with Crippen molar-refractivity contribution in [1.29, 1.82) is 0 Å². The van der Waals surface area contributed by atoms with E-state index in [1.807, 2.05) is 54.6 Å². The summed E-state index contributed by atoms with van der Waals surface area (Å²) in [6.07, 6.45) is 2.45. The Labute approximate surface area is 257 Å². The molecule has 0 atom stereocenters. The first kappa shape index (κ1) is 27.5. The highest BCUT2D eigenvalue weighted by atomic mass is 127. The van der Waals surface area contributed by atoms with E-state index in [1.54, 1.807) is 11.0 Å². The maximum Gasteiger partial charge on any atom is 0.294 e. The number of carbonyl (C=O) groups excluding carboxylic acids is 3. The second-order valence-corrected chi connectivity index (χ2v) is 12.5. The van der Waals surface area contributed by atoms with Gasteiger partial charge in [-0.15, -0.1) is 0 Å². The monoisotopic (exact) mass is 770 g/mol. The van der Waals surface area contributed by atoms with Crippen LogP contribution >= 0.6 is 68.5 Å². The third-order valence-corrected chi connectivity index (χ3v) is 9.18. The maximum absolute atomic E-state index is 13.1. The average Bonchev–Trinajstić information content (AvgIpc) is 3.16. The largest absolute Gasteiger partial charge is 0.487 e. The van der Waals surface area contributed by atoms with Gasteiger partial charge in [0.15, 0.2) is 0 Å². The lowest BCUT2D eigenvalue weighted by Gasteiger charge is -2.29.